The second-order valence-corrected chi connectivity index (χ2v) is 8.26. The second kappa shape index (κ2) is 9.14. The minimum Gasteiger partial charge on any atom is -0.480 e. The number of hydrogen-bond donors (Lipinski definition) is 2. The van der Waals surface area contributed by atoms with Crippen molar-refractivity contribution >= 4 is 18.0 Å². The number of alkyl halides is 2. The van der Waals surface area contributed by atoms with Crippen LogP contribution in [0.2, 0.25) is 0 Å². The highest BCUT2D eigenvalue weighted by atomic mass is 19.3. The molecule has 2 aromatic carbocycles. The number of carboxylic acid groups (broad SMARTS) is 1. The van der Waals surface area contributed by atoms with Gasteiger partial charge in [-0.1, -0.05) is 54.5 Å². The molecule has 34 heavy (non-hydrogen) atoms. The van der Waals surface area contributed by atoms with Crippen LogP contribution < -0.4 is 5.32 Å². The summed E-state index contributed by atoms with van der Waals surface area (Å²) in [4.78, 5) is 36.2. The summed E-state index contributed by atoms with van der Waals surface area (Å²) in [6.07, 6.45) is 4.24. The summed E-state index contributed by atoms with van der Waals surface area (Å²) < 4.78 is 33.8. The van der Waals surface area contributed by atoms with E-state index in [0.717, 1.165) is 22.3 Å². The minimum absolute atomic E-state index is 0.0256. The van der Waals surface area contributed by atoms with Gasteiger partial charge >= 0.3 is 12.1 Å². The summed E-state index contributed by atoms with van der Waals surface area (Å²) in [6, 6.07) is 15.6. The number of nitrogens with zero attached hydrogens (tertiary/aromatic N) is 1. The number of rotatable bonds is 8. The molecular weight excluding hydrogens is 446 g/mol. The number of terminal acetylenes is 1. The summed E-state index contributed by atoms with van der Waals surface area (Å²) in [5, 5.41) is 11.2. The molecule has 0 bridgehead atoms. The Hall–Kier alpha value is -3.93. The molecule has 0 aliphatic heterocycles. The first-order valence-corrected chi connectivity index (χ1v) is 10.7. The van der Waals surface area contributed by atoms with Crippen LogP contribution in [-0.4, -0.2) is 60.1 Å². The van der Waals surface area contributed by atoms with E-state index in [1.807, 2.05) is 48.5 Å². The Kier molecular flexibility index (Phi) is 6.24. The Labute approximate surface area is 194 Å². The van der Waals surface area contributed by atoms with Crippen molar-refractivity contribution < 1.29 is 33.0 Å². The third-order valence-corrected chi connectivity index (χ3v) is 6.20. The molecular formula is C25H22F2N2O5. The van der Waals surface area contributed by atoms with E-state index in [9.17, 15) is 23.2 Å². The lowest BCUT2D eigenvalue weighted by Crippen LogP contribution is -2.38. The molecule has 2 aliphatic carbocycles. The van der Waals surface area contributed by atoms with Crippen molar-refractivity contribution in [2.45, 2.75) is 11.8 Å². The third-order valence-electron chi connectivity index (χ3n) is 6.20. The van der Waals surface area contributed by atoms with E-state index >= 15 is 0 Å². The summed E-state index contributed by atoms with van der Waals surface area (Å²) in [7, 11) is 0. The lowest BCUT2D eigenvalue weighted by atomic mass is 9.98. The molecule has 2 atom stereocenters. The van der Waals surface area contributed by atoms with Crippen LogP contribution in [0.5, 0.6) is 0 Å². The first-order valence-electron chi connectivity index (χ1n) is 10.7. The first-order chi connectivity index (χ1) is 16.3. The largest absolute Gasteiger partial charge is 0.480 e. The van der Waals surface area contributed by atoms with E-state index in [2.05, 4.69) is 11.2 Å². The topological polar surface area (TPSA) is 95.9 Å². The van der Waals surface area contributed by atoms with Crippen LogP contribution in [0.25, 0.3) is 11.1 Å². The maximum absolute atomic E-state index is 14.2. The number of fused-ring (bicyclic) bond motifs is 3. The van der Waals surface area contributed by atoms with Gasteiger partial charge in [0.05, 0.1) is 12.5 Å². The van der Waals surface area contributed by atoms with Gasteiger partial charge in [-0.3, -0.25) is 9.59 Å². The predicted molar refractivity (Wildman–Crippen MR) is 118 cm³/mol. The number of halogens is 2. The maximum atomic E-state index is 14.2. The van der Waals surface area contributed by atoms with Gasteiger partial charge in [-0.2, -0.15) is 0 Å². The number of hydrogen-bond acceptors (Lipinski definition) is 4. The molecule has 2 N–H and O–H groups in total. The lowest BCUT2D eigenvalue weighted by Gasteiger charge is -2.17. The number of aliphatic carboxylic acids is 1. The number of carbonyl (C=O) groups is 3. The quantitative estimate of drug-likeness (QED) is 0.581. The van der Waals surface area contributed by atoms with Gasteiger partial charge in [0.2, 0.25) is 5.91 Å². The van der Waals surface area contributed by atoms with Crippen LogP contribution in [0.4, 0.5) is 13.6 Å². The Morgan fingerprint density at radius 1 is 1.09 bits per heavy atom. The van der Waals surface area contributed by atoms with Crippen molar-refractivity contribution in [2.75, 3.05) is 26.2 Å². The highest BCUT2D eigenvalue weighted by Gasteiger charge is 2.72. The maximum Gasteiger partial charge on any atom is 0.407 e. The van der Waals surface area contributed by atoms with E-state index < -0.39 is 55.4 Å². The molecule has 4 rings (SSSR count). The van der Waals surface area contributed by atoms with Gasteiger partial charge in [0.15, 0.2) is 0 Å². The number of alkyl carbamates (subject to hydrolysis) is 1. The first kappa shape index (κ1) is 23.2. The number of amides is 2. The average molecular weight is 468 g/mol. The summed E-state index contributed by atoms with van der Waals surface area (Å²) >= 11 is 0. The van der Waals surface area contributed by atoms with Crippen molar-refractivity contribution in [3.05, 3.63) is 59.7 Å². The predicted octanol–water partition coefficient (Wildman–Crippen LogP) is 2.95. The van der Waals surface area contributed by atoms with Gasteiger partial charge in [0, 0.05) is 12.5 Å². The van der Waals surface area contributed by atoms with Gasteiger partial charge in [-0.25, -0.2) is 13.6 Å². The zero-order valence-electron chi connectivity index (χ0n) is 18.0. The lowest BCUT2D eigenvalue weighted by molar-refractivity contribution is -0.145. The molecule has 0 spiro atoms. The smallest absolute Gasteiger partial charge is 0.407 e. The van der Waals surface area contributed by atoms with Crippen molar-refractivity contribution in [3.8, 4) is 23.5 Å². The van der Waals surface area contributed by atoms with Crippen LogP contribution in [0, 0.1) is 24.2 Å². The van der Waals surface area contributed by atoms with Crippen molar-refractivity contribution in [2.24, 2.45) is 11.8 Å². The number of benzene rings is 2. The van der Waals surface area contributed by atoms with Gasteiger partial charge in [0.25, 0.3) is 5.92 Å². The molecule has 1 saturated carbocycles. The number of ether oxygens (including phenoxy) is 1. The molecule has 0 radical (unpaired) electrons. The van der Waals surface area contributed by atoms with Crippen LogP contribution in [-0.2, 0) is 14.3 Å². The fourth-order valence-corrected chi connectivity index (χ4v) is 4.51. The van der Waals surface area contributed by atoms with Crippen molar-refractivity contribution in [3.63, 3.8) is 0 Å². The molecule has 0 unspecified atom stereocenters. The second-order valence-electron chi connectivity index (χ2n) is 8.26. The highest BCUT2D eigenvalue weighted by Crippen LogP contribution is 2.55. The Morgan fingerprint density at radius 2 is 1.68 bits per heavy atom. The summed E-state index contributed by atoms with van der Waals surface area (Å²) in [6.45, 7) is -1.64. The van der Waals surface area contributed by atoms with Crippen LogP contribution in [0.15, 0.2) is 48.5 Å². The average Bonchev–Trinajstić information content (AvgIpc) is 3.21. The van der Waals surface area contributed by atoms with Gasteiger partial charge in [0.1, 0.15) is 19.1 Å². The van der Waals surface area contributed by atoms with E-state index in [1.165, 1.54) is 0 Å². The van der Waals surface area contributed by atoms with Gasteiger partial charge < -0.3 is 20.1 Å². The molecule has 7 nitrogen and oxygen atoms in total. The van der Waals surface area contributed by atoms with Crippen LogP contribution in [0.1, 0.15) is 17.0 Å². The Morgan fingerprint density at radius 3 is 2.24 bits per heavy atom. The van der Waals surface area contributed by atoms with E-state index in [4.69, 9.17) is 16.3 Å². The normalized spacial score (nSPS) is 19.3. The monoisotopic (exact) mass is 468 g/mol. The molecule has 2 amide bonds. The fourth-order valence-electron chi connectivity index (χ4n) is 4.51. The third kappa shape index (κ3) is 4.31. The van der Waals surface area contributed by atoms with E-state index in [0.29, 0.717) is 4.90 Å². The van der Waals surface area contributed by atoms with Crippen molar-refractivity contribution in [1.82, 2.24) is 10.2 Å². The zero-order valence-corrected chi connectivity index (χ0v) is 18.0. The number of carboxylic acids is 1. The molecule has 0 saturated heterocycles. The standard InChI is InChI=1S/C25H22F2N2O5/c1-2-11-29(13-21(30)31)23(32)22-20(25(22,26)27)12-28-24(33)34-14-19-17-9-5-3-7-15(17)16-8-4-6-10-18(16)19/h1,3-10,19-20,22H,11-14H2,(H,28,33)(H,30,31)/t20-,22-/m0/s1. The molecule has 1 fully saturated rings. The van der Waals surface area contributed by atoms with Gasteiger partial charge in [-0.15, -0.1) is 6.42 Å². The highest BCUT2D eigenvalue weighted by molar-refractivity contribution is 5.87. The Balaban J connectivity index is 1.34. The summed E-state index contributed by atoms with van der Waals surface area (Å²) in [5.74, 6) is -7.08. The van der Waals surface area contributed by atoms with E-state index in [-0.39, 0.29) is 12.5 Å². The zero-order chi connectivity index (χ0) is 24.5. The minimum atomic E-state index is -3.38. The molecule has 2 aromatic rings. The van der Waals surface area contributed by atoms with Crippen molar-refractivity contribution in [1.29, 1.82) is 0 Å². The number of nitrogens with one attached hydrogen (secondary N) is 1. The van der Waals surface area contributed by atoms with Gasteiger partial charge in [-0.05, 0) is 22.3 Å². The number of carbonyl (C=O) groups excluding carboxylic acids is 2. The Bertz CT molecular complexity index is 1130. The molecule has 9 heteroatoms. The van der Waals surface area contributed by atoms with Crippen LogP contribution in [0.3, 0.4) is 0 Å². The summed E-state index contributed by atoms with van der Waals surface area (Å²) in [5.41, 5.74) is 4.15. The SMILES string of the molecule is C#CCN(CC(=O)O)C(=O)[C@@H]1[C@H](CNC(=O)OCC2c3ccccc3-c3ccccc32)C1(F)F. The molecule has 2 aliphatic rings. The van der Waals surface area contributed by atoms with E-state index in [1.54, 1.807) is 0 Å². The molecule has 0 heterocycles. The fraction of sp³-hybridized carbons (Fsp3) is 0.320. The van der Waals surface area contributed by atoms with Crippen LogP contribution >= 0.6 is 0 Å². The molecule has 0 aromatic heterocycles. The molecule has 176 valence electrons.